The lowest BCUT2D eigenvalue weighted by molar-refractivity contribution is 0.0702. The Morgan fingerprint density at radius 2 is 1.94 bits per heavy atom. The largest absolute Gasteiger partial charge is 0.477 e. The summed E-state index contributed by atoms with van der Waals surface area (Å²) in [5.74, 6) is -0.852. The molecule has 0 fully saturated rings. The summed E-state index contributed by atoms with van der Waals surface area (Å²) in [7, 11) is 0. The van der Waals surface area contributed by atoms with Crippen molar-refractivity contribution >= 4 is 17.3 Å². The van der Waals surface area contributed by atoms with Crippen LogP contribution in [0.4, 0.5) is 0 Å². The van der Waals surface area contributed by atoms with Gasteiger partial charge >= 0.3 is 5.97 Å². The molecule has 0 amide bonds. The predicted molar refractivity (Wildman–Crippen MR) is 70.8 cm³/mol. The molecule has 0 atom stereocenters. The van der Waals surface area contributed by atoms with Crippen molar-refractivity contribution in [3.63, 3.8) is 0 Å². The van der Waals surface area contributed by atoms with Gasteiger partial charge in [-0.1, -0.05) is 31.2 Å². The van der Waals surface area contributed by atoms with Gasteiger partial charge in [0.05, 0.1) is 0 Å². The summed E-state index contributed by atoms with van der Waals surface area (Å²) in [6.07, 6.45) is 1.02. The molecule has 1 heterocycles. The fourth-order valence-electron chi connectivity index (χ4n) is 1.77. The fourth-order valence-corrected chi connectivity index (χ4v) is 2.78. The molecule has 0 bridgehead atoms. The second-order valence-electron chi connectivity index (χ2n) is 3.98. The lowest BCUT2D eigenvalue weighted by Gasteiger charge is -2.01. The highest BCUT2D eigenvalue weighted by molar-refractivity contribution is 7.17. The Kier molecular flexibility index (Phi) is 3.29. The predicted octanol–water partition coefficient (Wildman–Crippen LogP) is 3.98. The maximum absolute atomic E-state index is 10.9. The van der Waals surface area contributed by atoms with Crippen molar-refractivity contribution in [1.82, 2.24) is 0 Å². The minimum Gasteiger partial charge on any atom is -0.477 e. The SMILES string of the molecule is CCc1ccc(-c2sc(C(=O)O)cc2C)cc1. The number of carbonyl (C=O) groups is 1. The summed E-state index contributed by atoms with van der Waals surface area (Å²) >= 11 is 1.33. The van der Waals surface area contributed by atoms with Crippen molar-refractivity contribution in [2.24, 2.45) is 0 Å². The zero-order valence-corrected chi connectivity index (χ0v) is 10.7. The molecule has 0 spiro atoms. The number of carboxylic acids is 1. The summed E-state index contributed by atoms with van der Waals surface area (Å²) in [5, 5.41) is 8.96. The van der Waals surface area contributed by atoms with Crippen LogP contribution in [0.3, 0.4) is 0 Å². The van der Waals surface area contributed by atoms with Crippen molar-refractivity contribution in [3.05, 3.63) is 46.3 Å². The van der Waals surface area contributed by atoms with Gasteiger partial charge in [-0.2, -0.15) is 0 Å². The number of rotatable bonds is 3. The molecule has 3 heteroatoms. The van der Waals surface area contributed by atoms with Gasteiger partial charge < -0.3 is 5.11 Å². The zero-order valence-electron chi connectivity index (χ0n) is 9.86. The van der Waals surface area contributed by atoms with Crippen LogP contribution in [0.25, 0.3) is 10.4 Å². The van der Waals surface area contributed by atoms with Gasteiger partial charge in [0.1, 0.15) is 4.88 Å². The average Bonchev–Trinajstić information content (AvgIpc) is 2.72. The summed E-state index contributed by atoms with van der Waals surface area (Å²) < 4.78 is 0. The van der Waals surface area contributed by atoms with Gasteiger partial charge in [-0.05, 0) is 36.1 Å². The molecule has 2 nitrogen and oxygen atoms in total. The van der Waals surface area contributed by atoms with Crippen LogP contribution in [0, 0.1) is 6.92 Å². The van der Waals surface area contributed by atoms with Crippen LogP contribution in [0.2, 0.25) is 0 Å². The van der Waals surface area contributed by atoms with Crippen molar-refractivity contribution in [3.8, 4) is 10.4 Å². The minimum absolute atomic E-state index is 0.400. The van der Waals surface area contributed by atoms with Gasteiger partial charge in [0.25, 0.3) is 0 Å². The molecule has 0 aliphatic carbocycles. The third-order valence-electron chi connectivity index (χ3n) is 2.75. The molecular weight excluding hydrogens is 232 g/mol. The van der Waals surface area contributed by atoms with E-state index in [0.717, 1.165) is 22.4 Å². The van der Waals surface area contributed by atoms with Crippen LogP contribution in [0.1, 0.15) is 27.7 Å². The van der Waals surface area contributed by atoms with E-state index in [-0.39, 0.29) is 0 Å². The highest BCUT2D eigenvalue weighted by atomic mass is 32.1. The van der Waals surface area contributed by atoms with E-state index in [4.69, 9.17) is 5.11 Å². The Bertz CT molecular complexity index is 538. The number of carboxylic acid groups (broad SMARTS) is 1. The minimum atomic E-state index is -0.852. The maximum atomic E-state index is 10.9. The smallest absolute Gasteiger partial charge is 0.345 e. The van der Waals surface area contributed by atoms with Crippen molar-refractivity contribution in [2.75, 3.05) is 0 Å². The summed E-state index contributed by atoms with van der Waals surface area (Å²) in [6, 6.07) is 10.0. The fraction of sp³-hybridized carbons (Fsp3) is 0.214. The normalized spacial score (nSPS) is 10.5. The Morgan fingerprint density at radius 1 is 1.29 bits per heavy atom. The van der Waals surface area contributed by atoms with E-state index in [1.807, 2.05) is 6.92 Å². The molecule has 1 N–H and O–H groups in total. The molecule has 2 aromatic rings. The first-order valence-corrected chi connectivity index (χ1v) is 6.36. The maximum Gasteiger partial charge on any atom is 0.345 e. The molecule has 1 aromatic carbocycles. The van der Waals surface area contributed by atoms with E-state index in [1.54, 1.807) is 6.07 Å². The first-order valence-electron chi connectivity index (χ1n) is 5.55. The van der Waals surface area contributed by atoms with Crippen molar-refractivity contribution < 1.29 is 9.90 Å². The molecular formula is C14H14O2S. The number of aromatic carboxylic acids is 1. The highest BCUT2D eigenvalue weighted by Crippen LogP contribution is 2.32. The van der Waals surface area contributed by atoms with Gasteiger partial charge in [0, 0.05) is 4.88 Å². The first-order chi connectivity index (χ1) is 8.11. The van der Waals surface area contributed by atoms with Crippen LogP contribution in [-0.4, -0.2) is 11.1 Å². The summed E-state index contributed by atoms with van der Waals surface area (Å²) in [5.41, 5.74) is 3.41. The van der Waals surface area contributed by atoms with E-state index < -0.39 is 5.97 Å². The average molecular weight is 246 g/mol. The Balaban J connectivity index is 2.41. The van der Waals surface area contributed by atoms with E-state index in [1.165, 1.54) is 16.9 Å². The summed E-state index contributed by atoms with van der Waals surface area (Å²) in [4.78, 5) is 12.4. The number of aryl methyl sites for hydroxylation is 2. The third-order valence-corrected chi connectivity index (χ3v) is 4.03. The Hall–Kier alpha value is -1.61. The number of hydrogen-bond donors (Lipinski definition) is 1. The van der Waals surface area contributed by atoms with Gasteiger partial charge in [0.2, 0.25) is 0 Å². The topological polar surface area (TPSA) is 37.3 Å². The second-order valence-corrected chi connectivity index (χ2v) is 5.03. The van der Waals surface area contributed by atoms with E-state index >= 15 is 0 Å². The van der Waals surface area contributed by atoms with E-state index in [9.17, 15) is 4.79 Å². The third kappa shape index (κ3) is 2.39. The molecule has 88 valence electrons. The molecule has 0 aliphatic heterocycles. The molecule has 0 saturated heterocycles. The summed E-state index contributed by atoms with van der Waals surface area (Å²) in [6.45, 7) is 4.07. The number of hydrogen-bond acceptors (Lipinski definition) is 2. The molecule has 0 radical (unpaired) electrons. The van der Waals surface area contributed by atoms with E-state index in [0.29, 0.717) is 4.88 Å². The quantitative estimate of drug-likeness (QED) is 0.889. The Morgan fingerprint density at radius 3 is 2.41 bits per heavy atom. The standard InChI is InChI=1S/C14H14O2S/c1-3-10-4-6-11(7-5-10)13-9(2)8-12(17-13)14(15)16/h4-8H,3H2,1-2H3,(H,15,16). The van der Waals surface area contributed by atoms with Gasteiger partial charge in [0.15, 0.2) is 0 Å². The Labute approximate surface area is 105 Å². The van der Waals surface area contributed by atoms with Crippen molar-refractivity contribution in [2.45, 2.75) is 20.3 Å². The van der Waals surface area contributed by atoms with Gasteiger partial charge in [-0.25, -0.2) is 4.79 Å². The first kappa shape index (κ1) is 11.9. The monoisotopic (exact) mass is 246 g/mol. The van der Waals surface area contributed by atoms with Gasteiger partial charge in [-0.15, -0.1) is 11.3 Å². The van der Waals surface area contributed by atoms with Crippen LogP contribution < -0.4 is 0 Å². The van der Waals surface area contributed by atoms with Crippen LogP contribution in [-0.2, 0) is 6.42 Å². The molecule has 1 aromatic heterocycles. The van der Waals surface area contributed by atoms with Gasteiger partial charge in [-0.3, -0.25) is 0 Å². The number of benzene rings is 1. The lowest BCUT2D eigenvalue weighted by atomic mass is 10.1. The second kappa shape index (κ2) is 4.72. The van der Waals surface area contributed by atoms with Crippen LogP contribution >= 0.6 is 11.3 Å². The number of thiophene rings is 1. The molecule has 2 rings (SSSR count). The van der Waals surface area contributed by atoms with Crippen LogP contribution in [0.5, 0.6) is 0 Å². The lowest BCUT2D eigenvalue weighted by Crippen LogP contribution is -1.89. The zero-order chi connectivity index (χ0) is 12.4. The van der Waals surface area contributed by atoms with E-state index in [2.05, 4.69) is 31.2 Å². The molecule has 0 unspecified atom stereocenters. The van der Waals surface area contributed by atoms with Crippen LogP contribution in [0.15, 0.2) is 30.3 Å². The molecule has 17 heavy (non-hydrogen) atoms. The molecule has 0 aliphatic rings. The highest BCUT2D eigenvalue weighted by Gasteiger charge is 2.12. The van der Waals surface area contributed by atoms with Crippen molar-refractivity contribution in [1.29, 1.82) is 0 Å². The molecule has 0 saturated carbocycles.